The van der Waals surface area contributed by atoms with Crippen molar-refractivity contribution < 1.29 is 23.1 Å². The number of benzene rings is 1. The highest BCUT2D eigenvalue weighted by atomic mass is 35.5. The van der Waals surface area contributed by atoms with Crippen LogP contribution in [0.15, 0.2) is 23.1 Å². The van der Waals surface area contributed by atoms with Gasteiger partial charge < -0.3 is 10.0 Å². The fourth-order valence-electron chi connectivity index (χ4n) is 1.55. The molecule has 1 rings (SSSR count). The minimum absolute atomic E-state index is 0.185. The third kappa shape index (κ3) is 3.10. The van der Waals surface area contributed by atoms with E-state index in [1.807, 2.05) is 0 Å². The topological polar surface area (TPSA) is 91.8 Å². The van der Waals surface area contributed by atoms with E-state index in [9.17, 15) is 18.0 Å². The average molecular weight is 320 g/mol. The first-order chi connectivity index (χ1) is 9.09. The van der Waals surface area contributed by atoms with Gasteiger partial charge in [-0.05, 0) is 25.1 Å². The van der Waals surface area contributed by atoms with Gasteiger partial charge in [0.25, 0.3) is 0 Å². The van der Waals surface area contributed by atoms with Crippen LogP contribution in [0, 0.1) is 0 Å². The van der Waals surface area contributed by atoms with E-state index >= 15 is 0 Å². The van der Waals surface area contributed by atoms with Gasteiger partial charge in [-0.1, -0.05) is 11.6 Å². The van der Waals surface area contributed by atoms with Crippen LogP contribution in [0.1, 0.15) is 17.3 Å². The van der Waals surface area contributed by atoms with Crippen molar-refractivity contribution in [3.63, 3.8) is 0 Å². The maximum absolute atomic E-state index is 12.3. The predicted molar refractivity (Wildman–Crippen MR) is 73.8 cm³/mol. The fraction of sp³-hybridized carbons (Fsp3) is 0.333. The molecule has 0 heterocycles. The van der Waals surface area contributed by atoms with E-state index in [0.29, 0.717) is 0 Å². The van der Waals surface area contributed by atoms with Crippen molar-refractivity contribution in [2.75, 3.05) is 14.1 Å². The Labute approximate surface area is 121 Å². The number of hydrogen-bond acceptors (Lipinski definition) is 4. The van der Waals surface area contributed by atoms with E-state index in [-0.39, 0.29) is 15.5 Å². The lowest BCUT2D eigenvalue weighted by Gasteiger charge is -2.17. The van der Waals surface area contributed by atoms with Crippen molar-refractivity contribution in [2.45, 2.75) is 17.1 Å². The van der Waals surface area contributed by atoms with Gasteiger partial charge in [0.15, 0.2) is 9.84 Å². The Morgan fingerprint density at radius 1 is 1.30 bits per heavy atom. The second-order valence-corrected chi connectivity index (χ2v) is 7.04. The fourth-order valence-corrected chi connectivity index (χ4v) is 3.30. The highest BCUT2D eigenvalue weighted by Crippen LogP contribution is 2.24. The second-order valence-electron chi connectivity index (χ2n) is 4.37. The number of carboxylic acid groups (broad SMARTS) is 1. The van der Waals surface area contributed by atoms with Crippen molar-refractivity contribution in [3.8, 4) is 0 Å². The molecule has 0 aliphatic heterocycles. The number of nitrogens with zero attached hydrogens (tertiary/aromatic N) is 1. The Bertz CT molecular complexity index is 654. The molecular formula is C12H14ClNO5S. The molecule has 0 saturated carbocycles. The maximum Gasteiger partial charge on any atom is 0.337 e. The number of carbonyl (C=O) groups excluding carboxylic acids is 1. The first-order valence-electron chi connectivity index (χ1n) is 5.57. The summed E-state index contributed by atoms with van der Waals surface area (Å²) in [6.07, 6.45) is 0. The average Bonchev–Trinajstić information content (AvgIpc) is 2.36. The number of halogens is 1. The zero-order chi connectivity index (χ0) is 15.7. The van der Waals surface area contributed by atoms with Gasteiger partial charge in [-0.3, -0.25) is 4.79 Å². The number of amides is 1. The van der Waals surface area contributed by atoms with Gasteiger partial charge in [-0.2, -0.15) is 0 Å². The van der Waals surface area contributed by atoms with Crippen LogP contribution < -0.4 is 0 Å². The lowest BCUT2D eigenvalue weighted by molar-refractivity contribution is -0.127. The summed E-state index contributed by atoms with van der Waals surface area (Å²) in [5, 5.41) is 7.37. The van der Waals surface area contributed by atoms with Crippen molar-refractivity contribution in [2.24, 2.45) is 0 Å². The molecule has 1 aromatic carbocycles. The van der Waals surface area contributed by atoms with E-state index in [4.69, 9.17) is 16.7 Å². The summed E-state index contributed by atoms with van der Waals surface area (Å²) in [6, 6.07) is 3.27. The number of sulfone groups is 1. The van der Waals surface area contributed by atoms with Crippen LogP contribution in [0.3, 0.4) is 0 Å². The summed E-state index contributed by atoms with van der Waals surface area (Å²) in [7, 11) is -1.01. The first kappa shape index (κ1) is 16.5. The quantitative estimate of drug-likeness (QED) is 0.902. The number of carboxylic acids is 1. The Hall–Kier alpha value is -1.60. The monoisotopic (exact) mass is 319 g/mol. The van der Waals surface area contributed by atoms with Gasteiger partial charge in [0.1, 0.15) is 5.25 Å². The van der Waals surface area contributed by atoms with Crippen LogP contribution in [-0.2, 0) is 14.6 Å². The normalized spacial score (nSPS) is 12.8. The molecule has 0 aromatic heterocycles. The van der Waals surface area contributed by atoms with Crippen molar-refractivity contribution >= 4 is 33.3 Å². The highest BCUT2D eigenvalue weighted by Gasteiger charge is 2.31. The SMILES string of the molecule is CC(C(=O)N(C)C)S(=O)(=O)c1ccc(C(=O)O)c(Cl)c1. The van der Waals surface area contributed by atoms with Crippen molar-refractivity contribution in [1.29, 1.82) is 0 Å². The van der Waals surface area contributed by atoms with Crippen molar-refractivity contribution in [1.82, 2.24) is 4.90 Å². The first-order valence-corrected chi connectivity index (χ1v) is 7.49. The summed E-state index contributed by atoms with van der Waals surface area (Å²) in [5.41, 5.74) is -0.197. The van der Waals surface area contributed by atoms with Gasteiger partial charge >= 0.3 is 5.97 Å². The number of hydrogen-bond donors (Lipinski definition) is 1. The molecule has 0 aliphatic carbocycles. The van der Waals surface area contributed by atoms with Crippen LogP contribution in [0.5, 0.6) is 0 Å². The molecule has 6 nitrogen and oxygen atoms in total. The Morgan fingerprint density at radius 3 is 2.25 bits per heavy atom. The number of aromatic carboxylic acids is 1. The second kappa shape index (κ2) is 5.80. The molecule has 1 aromatic rings. The predicted octanol–water partition coefficient (Wildman–Crippen LogP) is 1.29. The summed E-state index contributed by atoms with van der Waals surface area (Å²) < 4.78 is 24.5. The molecule has 8 heteroatoms. The lowest BCUT2D eigenvalue weighted by atomic mass is 10.2. The van der Waals surface area contributed by atoms with Gasteiger partial charge in [0.2, 0.25) is 5.91 Å². The third-order valence-corrected chi connectivity index (χ3v) is 5.11. The zero-order valence-electron chi connectivity index (χ0n) is 11.1. The Morgan fingerprint density at radius 2 is 1.85 bits per heavy atom. The minimum atomic E-state index is -3.92. The van der Waals surface area contributed by atoms with E-state index in [2.05, 4.69) is 0 Å². The van der Waals surface area contributed by atoms with Crippen LogP contribution in [0.25, 0.3) is 0 Å². The molecule has 1 unspecified atom stereocenters. The molecule has 1 atom stereocenters. The lowest BCUT2D eigenvalue weighted by Crippen LogP contribution is -2.37. The minimum Gasteiger partial charge on any atom is -0.478 e. The highest BCUT2D eigenvalue weighted by molar-refractivity contribution is 7.92. The van der Waals surface area contributed by atoms with Crippen LogP contribution >= 0.6 is 11.6 Å². The maximum atomic E-state index is 12.3. The van der Waals surface area contributed by atoms with Gasteiger partial charge in [0.05, 0.1) is 15.5 Å². The number of carbonyl (C=O) groups is 2. The van der Waals surface area contributed by atoms with Crippen molar-refractivity contribution in [3.05, 3.63) is 28.8 Å². The smallest absolute Gasteiger partial charge is 0.337 e. The molecule has 1 amide bonds. The summed E-state index contributed by atoms with van der Waals surface area (Å²) in [4.78, 5) is 23.6. The van der Waals surface area contributed by atoms with Crippen LogP contribution in [0.4, 0.5) is 0 Å². The third-order valence-electron chi connectivity index (χ3n) is 2.75. The molecule has 0 aliphatic rings. The Balaban J connectivity index is 3.27. The molecule has 0 fully saturated rings. The van der Waals surface area contributed by atoms with Crippen LogP contribution in [-0.4, -0.2) is 49.6 Å². The van der Waals surface area contributed by atoms with E-state index in [0.717, 1.165) is 18.2 Å². The van der Waals surface area contributed by atoms with Gasteiger partial charge in [0, 0.05) is 14.1 Å². The van der Waals surface area contributed by atoms with E-state index in [1.54, 1.807) is 0 Å². The van der Waals surface area contributed by atoms with Gasteiger partial charge in [-0.15, -0.1) is 0 Å². The number of rotatable bonds is 4. The standard InChI is InChI=1S/C12H14ClNO5S/c1-7(11(15)14(2)3)20(18,19)8-4-5-9(12(16)17)10(13)6-8/h4-7H,1-3H3,(H,16,17). The molecule has 0 spiro atoms. The Kier molecular flexibility index (Phi) is 4.77. The largest absolute Gasteiger partial charge is 0.478 e. The van der Waals surface area contributed by atoms with E-state index < -0.39 is 27.0 Å². The van der Waals surface area contributed by atoms with Gasteiger partial charge in [-0.25, -0.2) is 13.2 Å². The molecule has 0 bridgehead atoms. The molecular weight excluding hydrogens is 306 g/mol. The molecule has 0 radical (unpaired) electrons. The van der Waals surface area contributed by atoms with E-state index in [1.165, 1.54) is 25.9 Å². The molecule has 1 N–H and O–H groups in total. The summed E-state index contributed by atoms with van der Waals surface area (Å²) >= 11 is 5.74. The molecule has 20 heavy (non-hydrogen) atoms. The summed E-state index contributed by atoms with van der Waals surface area (Å²) in [5.74, 6) is -1.82. The molecule has 110 valence electrons. The zero-order valence-corrected chi connectivity index (χ0v) is 12.7. The molecule has 0 saturated heterocycles. The summed E-state index contributed by atoms with van der Waals surface area (Å²) in [6.45, 7) is 1.27. The van der Waals surface area contributed by atoms with Crippen LogP contribution in [0.2, 0.25) is 5.02 Å².